The number of aromatic nitrogens is 3. The molecule has 4 rings (SSSR count). The third kappa shape index (κ3) is 4.69. The summed E-state index contributed by atoms with van der Waals surface area (Å²) in [5, 5.41) is 13.3. The molecule has 2 heterocycles. The fourth-order valence-corrected chi connectivity index (χ4v) is 3.17. The lowest BCUT2D eigenvalue weighted by Crippen LogP contribution is -2.19. The van der Waals surface area contributed by atoms with E-state index in [2.05, 4.69) is 31.1 Å². The van der Waals surface area contributed by atoms with Crippen LogP contribution in [0.5, 0.6) is 11.5 Å². The topological polar surface area (TPSA) is 123 Å². The highest BCUT2D eigenvalue weighted by Gasteiger charge is 2.11. The Morgan fingerprint density at radius 2 is 1.84 bits per heavy atom. The molecule has 0 spiro atoms. The first-order valence-electron chi connectivity index (χ1n) is 9.76. The Morgan fingerprint density at radius 1 is 1.03 bits per heavy atom. The van der Waals surface area contributed by atoms with Gasteiger partial charge in [0.1, 0.15) is 17.9 Å². The largest absolute Gasteiger partial charge is 0.493 e. The average molecular weight is 434 g/mol. The van der Waals surface area contributed by atoms with E-state index in [1.54, 1.807) is 39.3 Å². The van der Waals surface area contributed by atoms with Crippen molar-refractivity contribution in [2.75, 3.05) is 30.2 Å². The van der Waals surface area contributed by atoms with Gasteiger partial charge in [0, 0.05) is 29.8 Å². The van der Waals surface area contributed by atoms with Crippen molar-refractivity contribution in [1.82, 2.24) is 15.1 Å². The second-order valence-electron chi connectivity index (χ2n) is 6.90. The number of fused-ring (bicyclic) bond motifs is 1. The summed E-state index contributed by atoms with van der Waals surface area (Å²) >= 11 is 0. The number of nitrogens with one attached hydrogen (secondary N) is 3. The van der Waals surface area contributed by atoms with E-state index < -0.39 is 6.03 Å². The van der Waals surface area contributed by atoms with Gasteiger partial charge in [0.2, 0.25) is 0 Å². The third-order valence-electron chi connectivity index (χ3n) is 4.66. The van der Waals surface area contributed by atoms with Crippen molar-refractivity contribution in [2.24, 2.45) is 0 Å². The van der Waals surface area contributed by atoms with Gasteiger partial charge in [-0.2, -0.15) is 0 Å². The van der Waals surface area contributed by atoms with Crippen molar-refractivity contribution in [1.29, 1.82) is 0 Å². The molecular weight excluding hydrogens is 412 g/mol. The molecule has 0 aliphatic rings. The number of nitrogens with zero attached hydrogens (tertiary/aromatic N) is 3. The first kappa shape index (κ1) is 20.9. The van der Waals surface area contributed by atoms with Gasteiger partial charge in [-0.3, -0.25) is 5.32 Å². The van der Waals surface area contributed by atoms with Crippen LogP contribution < -0.4 is 25.4 Å². The molecule has 0 fully saturated rings. The Labute approximate surface area is 183 Å². The molecule has 2 aromatic heterocycles. The number of urea groups is 1. The maximum absolute atomic E-state index is 12.2. The van der Waals surface area contributed by atoms with Gasteiger partial charge in [0.05, 0.1) is 19.7 Å². The lowest BCUT2D eigenvalue weighted by molar-refractivity contribution is 0.262. The fraction of sp³-hybridized carbons (Fsp3) is 0.182. The number of methoxy groups -OCH3 is 2. The van der Waals surface area contributed by atoms with Crippen LogP contribution >= 0.6 is 0 Å². The predicted molar refractivity (Wildman–Crippen MR) is 120 cm³/mol. The zero-order valence-corrected chi connectivity index (χ0v) is 17.8. The molecule has 2 aromatic carbocycles. The summed E-state index contributed by atoms with van der Waals surface area (Å²) in [5.74, 6) is 2.82. The molecule has 10 nitrogen and oxygen atoms in total. The molecule has 0 aliphatic heterocycles. The molecule has 0 radical (unpaired) electrons. The molecule has 3 N–H and O–H groups in total. The fourth-order valence-electron chi connectivity index (χ4n) is 3.17. The molecule has 4 aromatic rings. The Balaban J connectivity index is 1.46. The number of hydrogen-bond donors (Lipinski definition) is 3. The number of hydrogen-bond acceptors (Lipinski definition) is 8. The van der Waals surface area contributed by atoms with Crippen LogP contribution in [0.3, 0.4) is 0 Å². The minimum atomic E-state index is -0.411. The summed E-state index contributed by atoms with van der Waals surface area (Å²) in [7, 11) is 3.16. The number of benzene rings is 2. The van der Waals surface area contributed by atoms with E-state index in [0.29, 0.717) is 41.1 Å². The quantitative estimate of drug-likeness (QED) is 0.395. The van der Waals surface area contributed by atoms with Crippen LogP contribution in [0.2, 0.25) is 0 Å². The first-order chi connectivity index (χ1) is 15.6. The van der Waals surface area contributed by atoms with Crippen molar-refractivity contribution in [2.45, 2.75) is 13.5 Å². The van der Waals surface area contributed by atoms with Gasteiger partial charge in [-0.25, -0.2) is 14.8 Å². The number of anilines is 3. The van der Waals surface area contributed by atoms with Crippen molar-refractivity contribution in [3.8, 4) is 11.5 Å². The maximum atomic E-state index is 12.2. The molecule has 2 amide bonds. The smallest absolute Gasteiger partial charge is 0.324 e. The Bertz CT molecular complexity index is 1260. The molecule has 0 saturated carbocycles. The number of rotatable bonds is 7. The minimum absolute atomic E-state index is 0.348. The van der Waals surface area contributed by atoms with Crippen molar-refractivity contribution >= 4 is 34.3 Å². The van der Waals surface area contributed by atoms with Gasteiger partial charge in [-0.15, -0.1) is 0 Å². The number of amides is 2. The number of ether oxygens (including phenoxy) is 2. The summed E-state index contributed by atoms with van der Waals surface area (Å²) in [4.78, 5) is 20.9. The molecule has 10 heteroatoms. The van der Waals surface area contributed by atoms with Gasteiger partial charge < -0.3 is 24.6 Å². The third-order valence-corrected chi connectivity index (χ3v) is 4.66. The Morgan fingerprint density at radius 3 is 2.59 bits per heavy atom. The molecule has 0 saturated heterocycles. The van der Waals surface area contributed by atoms with E-state index in [-0.39, 0.29) is 0 Å². The minimum Gasteiger partial charge on any atom is -0.493 e. The molecule has 0 unspecified atom stereocenters. The SMILES string of the molecule is COc1cc2ncnc(NCc3cccc(NC(=O)Nc4cc(C)on4)c3)c2cc1OC. The van der Waals surface area contributed by atoms with E-state index >= 15 is 0 Å². The van der Waals surface area contributed by atoms with Gasteiger partial charge in [-0.1, -0.05) is 17.3 Å². The summed E-state index contributed by atoms with van der Waals surface area (Å²) in [5.41, 5.74) is 2.32. The Hall–Kier alpha value is -4.34. The van der Waals surface area contributed by atoms with E-state index in [4.69, 9.17) is 14.0 Å². The monoisotopic (exact) mass is 434 g/mol. The zero-order valence-electron chi connectivity index (χ0n) is 17.8. The van der Waals surface area contributed by atoms with Gasteiger partial charge >= 0.3 is 6.03 Å². The van der Waals surface area contributed by atoms with E-state index in [0.717, 1.165) is 16.5 Å². The highest BCUT2D eigenvalue weighted by Crippen LogP contribution is 2.33. The molecule has 164 valence electrons. The molecule has 0 atom stereocenters. The second-order valence-corrected chi connectivity index (χ2v) is 6.90. The van der Waals surface area contributed by atoms with E-state index in [1.165, 1.54) is 6.33 Å². The summed E-state index contributed by atoms with van der Waals surface area (Å²) in [6.45, 7) is 2.24. The van der Waals surface area contributed by atoms with Crippen LogP contribution in [0.25, 0.3) is 10.9 Å². The summed E-state index contributed by atoms with van der Waals surface area (Å²) in [6.07, 6.45) is 1.49. The number of carbonyl (C=O) groups excluding carboxylic acids is 1. The van der Waals surface area contributed by atoms with Crippen molar-refractivity contribution in [3.05, 3.63) is 60.1 Å². The zero-order chi connectivity index (χ0) is 22.5. The lowest BCUT2D eigenvalue weighted by atomic mass is 10.2. The second kappa shape index (κ2) is 9.21. The normalized spacial score (nSPS) is 10.6. The maximum Gasteiger partial charge on any atom is 0.324 e. The number of carbonyl (C=O) groups is 1. The number of aryl methyl sites for hydroxylation is 1. The van der Waals surface area contributed by atoms with Crippen molar-refractivity contribution < 1.29 is 18.8 Å². The van der Waals surface area contributed by atoms with E-state index in [9.17, 15) is 4.79 Å². The van der Waals surface area contributed by atoms with Crippen LogP contribution in [0.15, 0.2) is 53.3 Å². The highest BCUT2D eigenvalue weighted by atomic mass is 16.5. The summed E-state index contributed by atoms with van der Waals surface area (Å²) < 4.78 is 15.7. The molecular formula is C22H22N6O4. The average Bonchev–Trinajstić information content (AvgIpc) is 3.21. The summed E-state index contributed by atoms with van der Waals surface area (Å²) in [6, 6.07) is 12.3. The van der Waals surface area contributed by atoms with Crippen LogP contribution in [0.4, 0.5) is 22.1 Å². The highest BCUT2D eigenvalue weighted by molar-refractivity contribution is 5.99. The standard InChI is InChI=1S/C22H22N6O4/c1-13-7-20(28-32-13)27-22(29)26-15-6-4-5-14(8-15)11-23-21-16-9-18(30-2)19(31-3)10-17(16)24-12-25-21/h4-10,12H,11H2,1-3H3,(H,23,24,25)(H2,26,27,28,29). The molecule has 0 bridgehead atoms. The predicted octanol–water partition coefficient (Wildman–Crippen LogP) is 4.20. The lowest BCUT2D eigenvalue weighted by Gasteiger charge is -2.12. The van der Waals surface area contributed by atoms with Crippen LogP contribution in [0.1, 0.15) is 11.3 Å². The van der Waals surface area contributed by atoms with Crippen LogP contribution in [0, 0.1) is 6.92 Å². The molecule has 0 aliphatic carbocycles. The van der Waals surface area contributed by atoms with Crippen LogP contribution in [-0.4, -0.2) is 35.4 Å². The van der Waals surface area contributed by atoms with Gasteiger partial charge in [0.25, 0.3) is 0 Å². The van der Waals surface area contributed by atoms with Gasteiger partial charge in [0.15, 0.2) is 17.3 Å². The van der Waals surface area contributed by atoms with Crippen molar-refractivity contribution in [3.63, 3.8) is 0 Å². The molecule has 32 heavy (non-hydrogen) atoms. The van der Waals surface area contributed by atoms with Gasteiger partial charge in [-0.05, 0) is 30.7 Å². The van der Waals surface area contributed by atoms with E-state index in [1.807, 2.05) is 24.3 Å². The Kier molecular flexibility index (Phi) is 6.02. The first-order valence-corrected chi connectivity index (χ1v) is 9.76. The van der Waals surface area contributed by atoms with Crippen LogP contribution in [-0.2, 0) is 6.54 Å².